The van der Waals surface area contributed by atoms with Gasteiger partial charge in [-0.05, 0) is 12.8 Å². The summed E-state index contributed by atoms with van der Waals surface area (Å²) < 4.78 is 4.29. The van der Waals surface area contributed by atoms with Crippen molar-refractivity contribution in [3.63, 3.8) is 0 Å². The van der Waals surface area contributed by atoms with Crippen LogP contribution in [0.25, 0.3) is 0 Å². The van der Waals surface area contributed by atoms with Gasteiger partial charge in [0.15, 0.2) is 0 Å². The van der Waals surface area contributed by atoms with Crippen molar-refractivity contribution < 1.29 is 33.9 Å². The molecule has 0 aliphatic heterocycles. The second kappa shape index (κ2) is 18.7. The Kier molecular flexibility index (Phi) is 18.0. The molecular weight excluding hydrogens is 409 g/mol. The van der Waals surface area contributed by atoms with Crippen molar-refractivity contribution in [1.29, 1.82) is 0 Å². The molecule has 0 rings (SSSR count). The van der Waals surface area contributed by atoms with E-state index in [-0.39, 0.29) is 6.42 Å². The van der Waals surface area contributed by atoms with Gasteiger partial charge in [-0.3, -0.25) is 0 Å². The Hall–Kier alpha value is -1.05. The van der Waals surface area contributed by atoms with Gasteiger partial charge in [0.1, 0.15) is 0 Å². The van der Waals surface area contributed by atoms with Crippen LogP contribution in [0.5, 0.6) is 0 Å². The molecule has 5 N–H and O–H groups in total. The van der Waals surface area contributed by atoms with Crippen LogP contribution in [0.3, 0.4) is 0 Å². The van der Waals surface area contributed by atoms with Crippen molar-refractivity contribution in [3.05, 3.63) is 12.2 Å². The average molecular weight is 452 g/mol. The summed E-state index contributed by atoms with van der Waals surface area (Å²) in [6.07, 6.45) is 19.7. The quantitative estimate of drug-likeness (QED) is 0.107. The van der Waals surface area contributed by atoms with Crippen molar-refractivity contribution >= 4 is 20.0 Å². The van der Waals surface area contributed by atoms with E-state index in [9.17, 15) is 9.59 Å². The molecule has 8 nitrogen and oxygen atoms in total. The van der Waals surface area contributed by atoms with E-state index >= 15 is 0 Å². The third kappa shape index (κ3) is 20.2. The number of nitrogens with one attached hydrogen (secondary N) is 1. The fourth-order valence-corrected chi connectivity index (χ4v) is 3.38. The predicted molar refractivity (Wildman–Crippen MR) is 120 cm³/mol. The van der Waals surface area contributed by atoms with Crippen molar-refractivity contribution in [1.82, 2.24) is 5.32 Å². The number of carboxylic acid groups (broad SMARTS) is 1. The third-order valence-corrected chi connectivity index (χ3v) is 5.30. The number of hydrogen-bond acceptors (Lipinski definition) is 6. The van der Waals surface area contributed by atoms with Crippen LogP contribution in [0, 0.1) is 0 Å². The molecule has 0 saturated carbocycles. The van der Waals surface area contributed by atoms with Crippen LogP contribution in [0.4, 0.5) is 0 Å². The van der Waals surface area contributed by atoms with Gasteiger partial charge in [0, 0.05) is 0 Å². The summed E-state index contributed by atoms with van der Waals surface area (Å²) in [7, 11) is -4.80. The molecule has 9 heteroatoms. The molecule has 1 atom stereocenters. The minimum atomic E-state index is -4.80. The summed E-state index contributed by atoms with van der Waals surface area (Å²) in [6, 6.07) is -1.43. The molecule has 0 heterocycles. The second-order valence-electron chi connectivity index (χ2n) is 7.68. The predicted octanol–water partition coefficient (Wildman–Crippen LogP) is 4.00. The third-order valence-electron chi connectivity index (χ3n) is 4.74. The summed E-state index contributed by atoms with van der Waals surface area (Å²) in [6.45, 7) is 1.53. The van der Waals surface area contributed by atoms with Gasteiger partial charge in [0.05, 0.1) is 0 Å². The standard InChI is InChI=1S/C21H42NO7P/c1-2-3-4-5-6-7-8-9-10-11-12-13-14-15-16-17-20(23)22-19(21(24)25)18-29-30(26,27)28/h9-10,19,26-28,30H,2-8,11-18H2,1H3,(H,22,23)(H,24,25)/b10-9-/t19-/m0/s1. The molecule has 0 bridgehead atoms. The van der Waals surface area contributed by atoms with Crippen LogP contribution in [0.1, 0.15) is 96.8 Å². The first kappa shape index (κ1) is 28.9. The van der Waals surface area contributed by atoms with Crippen LogP contribution < -0.4 is 5.32 Å². The molecule has 0 saturated heterocycles. The Labute approximate surface area is 181 Å². The molecule has 30 heavy (non-hydrogen) atoms. The fraction of sp³-hybridized carbons (Fsp3) is 0.810. The number of carbonyl (C=O) groups excluding carboxylic acids is 1. The van der Waals surface area contributed by atoms with E-state index < -0.39 is 32.7 Å². The van der Waals surface area contributed by atoms with E-state index in [0.29, 0.717) is 6.42 Å². The zero-order valence-electron chi connectivity index (χ0n) is 18.4. The van der Waals surface area contributed by atoms with Crippen molar-refractivity contribution in [2.75, 3.05) is 6.61 Å². The number of carbonyl (C=O) groups is 2. The Morgan fingerprint density at radius 2 is 1.37 bits per heavy atom. The van der Waals surface area contributed by atoms with E-state index in [1.165, 1.54) is 44.9 Å². The fourth-order valence-electron chi connectivity index (χ4n) is 2.99. The Morgan fingerprint density at radius 1 is 0.867 bits per heavy atom. The van der Waals surface area contributed by atoms with Crippen molar-refractivity contribution in [2.45, 2.75) is 103 Å². The first-order valence-electron chi connectivity index (χ1n) is 11.2. The molecule has 0 radical (unpaired) electrons. The molecule has 0 aromatic rings. The van der Waals surface area contributed by atoms with Gasteiger partial charge < -0.3 is 0 Å². The molecule has 0 aliphatic carbocycles. The van der Waals surface area contributed by atoms with Crippen LogP contribution in [0.2, 0.25) is 0 Å². The first-order valence-corrected chi connectivity index (χ1v) is 13.0. The summed E-state index contributed by atoms with van der Waals surface area (Å²) in [4.78, 5) is 49.1. The number of rotatable bonds is 20. The monoisotopic (exact) mass is 451 g/mol. The van der Waals surface area contributed by atoms with Crippen molar-refractivity contribution in [2.24, 2.45) is 0 Å². The molecular formula is C21H42NO7P. The summed E-state index contributed by atoms with van der Waals surface area (Å²) >= 11 is 0. The van der Waals surface area contributed by atoms with Gasteiger partial charge in [0.2, 0.25) is 0 Å². The molecule has 0 spiro atoms. The number of hydrogen-bond donors (Lipinski definition) is 5. The topological polar surface area (TPSA) is 136 Å². The Bertz CT molecular complexity index is 480. The maximum absolute atomic E-state index is 11.8. The van der Waals surface area contributed by atoms with Gasteiger partial charge in [-0.1, -0.05) is 51.2 Å². The Balaban J connectivity index is 3.61. The van der Waals surface area contributed by atoms with Gasteiger partial charge in [0.25, 0.3) is 0 Å². The van der Waals surface area contributed by atoms with E-state index in [1.54, 1.807) is 0 Å². The first-order chi connectivity index (χ1) is 14.3. The zero-order valence-corrected chi connectivity index (χ0v) is 19.4. The number of unbranched alkanes of at least 4 members (excludes halogenated alkanes) is 11. The summed E-state index contributed by atoms with van der Waals surface area (Å²) in [5.74, 6) is -1.81. The van der Waals surface area contributed by atoms with E-state index in [1.807, 2.05) is 0 Å². The van der Waals surface area contributed by atoms with Gasteiger partial charge in [-0.25, -0.2) is 0 Å². The van der Waals surface area contributed by atoms with E-state index in [2.05, 4.69) is 28.9 Å². The van der Waals surface area contributed by atoms with Crippen molar-refractivity contribution in [3.8, 4) is 0 Å². The van der Waals surface area contributed by atoms with Gasteiger partial charge in [-0.2, -0.15) is 0 Å². The van der Waals surface area contributed by atoms with Crippen LogP contribution in [0.15, 0.2) is 12.2 Å². The van der Waals surface area contributed by atoms with Crippen LogP contribution >= 0.6 is 8.17 Å². The number of carboxylic acids is 1. The molecule has 178 valence electrons. The SMILES string of the molecule is CCCCCCCC/C=C\CCCCCCCC(=O)N[C@@H](CO[PH](O)(O)O)C(=O)O. The van der Waals surface area contributed by atoms with Gasteiger partial charge in [-0.15, -0.1) is 0 Å². The number of aliphatic carboxylic acids is 1. The molecule has 0 aromatic heterocycles. The summed E-state index contributed by atoms with van der Waals surface area (Å²) in [5, 5.41) is 11.2. The molecule has 1 amide bonds. The molecule has 0 fully saturated rings. The summed E-state index contributed by atoms with van der Waals surface area (Å²) in [5.41, 5.74) is 0. The number of allylic oxidation sites excluding steroid dienone is 2. The maximum atomic E-state index is 11.8. The van der Waals surface area contributed by atoms with Crippen LogP contribution in [-0.2, 0) is 14.1 Å². The normalized spacial score (nSPS) is 13.5. The molecule has 0 aliphatic rings. The molecule has 0 unspecified atom stereocenters. The van der Waals surface area contributed by atoms with Crippen LogP contribution in [-0.4, -0.2) is 44.3 Å². The minimum absolute atomic E-state index is 0.196. The molecule has 0 aromatic carbocycles. The zero-order chi connectivity index (χ0) is 22.7. The van der Waals surface area contributed by atoms with E-state index in [4.69, 9.17) is 19.8 Å². The average Bonchev–Trinajstić information content (AvgIpc) is 2.67. The number of amides is 1. The van der Waals surface area contributed by atoms with Gasteiger partial charge >= 0.3 is 117 Å². The van der Waals surface area contributed by atoms with E-state index in [0.717, 1.165) is 32.1 Å². The second-order valence-corrected chi connectivity index (χ2v) is 9.11. The Morgan fingerprint density at radius 3 is 1.87 bits per heavy atom.